The maximum Gasteiger partial charge on any atom is 0.416 e. The van der Waals surface area contributed by atoms with Crippen molar-refractivity contribution >= 4 is 11.6 Å². The van der Waals surface area contributed by atoms with Crippen LogP contribution >= 0.6 is 0 Å². The number of benzene rings is 3. The summed E-state index contributed by atoms with van der Waals surface area (Å²) in [7, 11) is 0. The largest absolute Gasteiger partial charge is 0.416 e. The number of nitrogens with one attached hydrogen (secondary N) is 2. The van der Waals surface area contributed by atoms with Gasteiger partial charge in [0, 0.05) is 17.3 Å². The van der Waals surface area contributed by atoms with Gasteiger partial charge in [0.15, 0.2) is 0 Å². The van der Waals surface area contributed by atoms with Crippen LogP contribution in [0.25, 0.3) is 11.1 Å². The van der Waals surface area contributed by atoms with E-state index >= 15 is 0 Å². The Bertz CT molecular complexity index is 1140. The normalized spacial score (nSPS) is 15.6. The second-order valence-electron chi connectivity index (χ2n) is 8.74. The highest BCUT2D eigenvalue weighted by Crippen LogP contribution is 2.33. The smallest absolute Gasteiger partial charge is 0.322 e. The second kappa shape index (κ2) is 10.4. The van der Waals surface area contributed by atoms with Crippen molar-refractivity contribution in [3.63, 3.8) is 0 Å². The van der Waals surface area contributed by atoms with Crippen LogP contribution in [0.5, 0.6) is 0 Å². The Labute approximate surface area is 198 Å². The standard InChI is InChI=1S/C28H29F3N2O/c1-2-3-4-9-26-24-15-14-22(18-20(24)16-17-32-26)33-27(34)25-8-6-5-7-23(25)19-10-12-21(13-11-19)28(29,30)31/h5-8,10-15,18,26,32H,2-4,9,16-17H2,1H3,(H,33,34). The minimum Gasteiger partial charge on any atom is -0.322 e. The van der Waals surface area contributed by atoms with E-state index in [2.05, 4.69) is 23.6 Å². The molecule has 0 bridgehead atoms. The van der Waals surface area contributed by atoms with Crippen LogP contribution in [0.4, 0.5) is 18.9 Å². The van der Waals surface area contributed by atoms with E-state index in [9.17, 15) is 18.0 Å². The number of halogens is 3. The maximum atomic E-state index is 13.1. The van der Waals surface area contributed by atoms with Gasteiger partial charge in [-0.25, -0.2) is 0 Å². The molecule has 4 rings (SSSR count). The monoisotopic (exact) mass is 466 g/mol. The summed E-state index contributed by atoms with van der Waals surface area (Å²) in [4.78, 5) is 13.1. The number of unbranched alkanes of at least 4 members (excludes halogenated alkanes) is 2. The molecule has 0 fully saturated rings. The van der Waals surface area contributed by atoms with Gasteiger partial charge < -0.3 is 10.6 Å². The molecule has 34 heavy (non-hydrogen) atoms. The molecule has 0 aliphatic carbocycles. The number of carbonyl (C=O) groups excluding carboxylic acids is 1. The van der Waals surface area contributed by atoms with Crippen molar-refractivity contribution in [3.05, 3.63) is 89.0 Å². The molecule has 0 saturated carbocycles. The lowest BCUT2D eigenvalue weighted by Gasteiger charge is -2.27. The molecule has 1 amide bonds. The lowest BCUT2D eigenvalue weighted by molar-refractivity contribution is -0.137. The predicted octanol–water partition coefficient (Wildman–Crippen LogP) is 7.39. The molecule has 0 radical (unpaired) electrons. The number of rotatable bonds is 7. The molecule has 2 N–H and O–H groups in total. The van der Waals surface area contributed by atoms with Crippen LogP contribution in [0.3, 0.4) is 0 Å². The van der Waals surface area contributed by atoms with Crippen molar-refractivity contribution in [2.45, 2.75) is 51.2 Å². The Morgan fingerprint density at radius 3 is 2.53 bits per heavy atom. The Morgan fingerprint density at radius 1 is 1.03 bits per heavy atom. The third kappa shape index (κ3) is 5.50. The van der Waals surface area contributed by atoms with Gasteiger partial charge in [0.2, 0.25) is 0 Å². The zero-order valence-corrected chi connectivity index (χ0v) is 19.2. The zero-order chi connectivity index (χ0) is 24.1. The SMILES string of the molecule is CCCCCC1NCCc2cc(NC(=O)c3ccccc3-c3ccc(C(F)(F)F)cc3)ccc21. The molecular formula is C28H29F3N2O. The lowest BCUT2D eigenvalue weighted by Crippen LogP contribution is -2.30. The van der Waals surface area contributed by atoms with Gasteiger partial charge in [-0.05, 0) is 72.0 Å². The molecule has 6 heteroatoms. The molecule has 178 valence electrons. The molecular weight excluding hydrogens is 437 g/mol. The third-order valence-electron chi connectivity index (χ3n) is 6.35. The molecule has 0 spiro atoms. The van der Waals surface area contributed by atoms with Crippen LogP contribution in [0.2, 0.25) is 0 Å². The maximum absolute atomic E-state index is 13.1. The first-order valence-electron chi connectivity index (χ1n) is 11.8. The van der Waals surface area contributed by atoms with E-state index in [1.165, 1.54) is 42.5 Å². The summed E-state index contributed by atoms with van der Waals surface area (Å²) in [6, 6.07) is 18.3. The van der Waals surface area contributed by atoms with Gasteiger partial charge in [-0.2, -0.15) is 13.2 Å². The quantitative estimate of drug-likeness (QED) is 0.356. The van der Waals surface area contributed by atoms with Crippen molar-refractivity contribution in [3.8, 4) is 11.1 Å². The van der Waals surface area contributed by atoms with Crippen molar-refractivity contribution in [1.29, 1.82) is 0 Å². The first-order chi connectivity index (χ1) is 16.4. The van der Waals surface area contributed by atoms with E-state index in [-0.39, 0.29) is 5.91 Å². The Kier molecular flexibility index (Phi) is 7.37. The third-order valence-corrected chi connectivity index (χ3v) is 6.35. The fourth-order valence-corrected chi connectivity index (χ4v) is 4.56. The summed E-state index contributed by atoms with van der Waals surface area (Å²) in [6.07, 6.45) is 1.22. The topological polar surface area (TPSA) is 41.1 Å². The molecule has 1 atom stereocenters. The van der Waals surface area contributed by atoms with Crippen LogP contribution in [0, 0.1) is 0 Å². The summed E-state index contributed by atoms with van der Waals surface area (Å²) < 4.78 is 38.8. The van der Waals surface area contributed by atoms with E-state index in [0.717, 1.165) is 37.2 Å². The molecule has 3 aromatic carbocycles. The van der Waals surface area contributed by atoms with E-state index < -0.39 is 11.7 Å². The highest BCUT2D eigenvalue weighted by molar-refractivity contribution is 6.08. The number of fused-ring (bicyclic) bond motifs is 1. The average molecular weight is 467 g/mol. The first kappa shape index (κ1) is 24.0. The van der Waals surface area contributed by atoms with Gasteiger partial charge in [-0.1, -0.05) is 62.6 Å². The molecule has 0 aromatic heterocycles. The average Bonchev–Trinajstić information content (AvgIpc) is 2.84. The Hall–Kier alpha value is -3.12. The Balaban J connectivity index is 1.53. The predicted molar refractivity (Wildman–Crippen MR) is 130 cm³/mol. The second-order valence-corrected chi connectivity index (χ2v) is 8.74. The summed E-state index contributed by atoms with van der Waals surface area (Å²) in [6.45, 7) is 3.12. The van der Waals surface area contributed by atoms with Gasteiger partial charge in [0.1, 0.15) is 0 Å². The van der Waals surface area contributed by atoms with Gasteiger partial charge in [0.25, 0.3) is 5.91 Å². The minimum absolute atomic E-state index is 0.288. The van der Waals surface area contributed by atoms with Gasteiger partial charge in [0.05, 0.1) is 5.56 Å². The van der Waals surface area contributed by atoms with E-state index in [1.54, 1.807) is 24.3 Å². The number of hydrogen-bond donors (Lipinski definition) is 2. The number of anilines is 1. The van der Waals surface area contributed by atoms with Crippen molar-refractivity contribution in [2.24, 2.45) is 0 Å². The molecule has 3 nitrogen and oxygen atoms in total. The highest BCUT2D eigenvalue weighted by atomic mass is 19.4. The molecule has 1 heterocycles. The molecule has 1 unspecified atom stereocenters. The van der Waals surface area contributed by atoms with E-state index in [4.69, 9.17) is 0 Å². The van der Waals surface area contributed by atoms with Crippen LogP contribution in [-0.2, 0) is 12.6 Å². The number of amides is 1. The van der Waals surface area contributed by atoms with Gasteiger partial charge >= 0.3 is 6.18 Å². The number of hydrogen-bond acceptors (Lipinski definition) is 2. The van der Waals surface area contributed by atoms with Crippen molar-refractivity contribution in [2.75, 3.05) is 11.9 Å². The van der Waals surface area contributed by atoms with Crippen LogP contribution in [-0.4, -0.2) is 12.5 Å². The van der Waals surface area contributed by atoms with Crippen LogP contribution in [0.1, 0.15) is 65.7 Å². The van der Waals surface area contributed by atoms with Gasteiger partial charge in [-0.3, -0.25) is 4.79 Å². The summed E-state index contributed by atoms with van der Waals surface area (Å²) in [5.74, 6) is -0.288. The number of alkyl halides is 3. The Morgan fingerprint density at radius 2 is 1.79 bits per heavy atom. The van der Waals surface area contributed by atoms with Gasteiger partial charge in [-0.15, -0.1) is 0 Å². The fraction of sp³-hybridized carbons (Fsp3) is 0.321. The molecule has 0 saturated heterocycles. The zero-order valence-electron chi connectivity index (χ0n) is 19.2. The van der Waals surface area contributed by atoms with Crippen LogP contribution < -0.4 is 10.6 Å². The molecule has 1 aliphatic rings. The summed E-state index contributed by atoms with van der Waals surface area (Å²) in [5, 5.41) is 6.58. The number of carbonyl (C=O) groups is 1. The van der Waals surface area contributed by atoms with Crippen molar-refractivity contribution in [1.82, 2.24) is 5.32 Å². The first-order valence-corrected chi connectivity index (χ1v) is 11.8. The van der Waals surface area contributed by atoms with E-state index in [1.807, 2.05) is 12.1 Å². The molecule has 3 aromatic rings. The summed E-state index contributed by atoms with van der Waals surface area (Å²) >= 11 is 0. The molecule has 1 aliphatic heterocycles. The van der Waals surface area contributed by atoms with Crippen molar-refractivity contribution < 1.29 is 18.0 Å². The summed E-state index contributed by atoms with van der Waals surface area (Å²) in [5.41, 5.74) is 4.12. The van der Waals surface area contributed by atoms with Crippen LogP contribution in [0.15, 0.2) is 66.7 Å². The van der Waals surface area contributed by atoms with E-state index in [0.29, 0.717) is 22.7 Å². The lowest BCUT2D eigenvalue weighted by atomic mass is 9.90. The minimum atomic E-state index is -4.40. The fourth-order valence-electron chi connectivity index (χ4n) is 4.56. The highest BCUT2D eigenvalue weighted by Gasteiger charge is 2.30.